The molecule has 0 aliphatic rings. The van der Waals surface area contributed by atoms with E-state index in [4.69, 9.17) is 0 Å². The van der Waals surface area contributed by atoms with Gasteiger partial charge >= 0.3 is 0 Å². The average Bonchev–Trinajstić information content (AvgIpc) is 2.47. The molecular formula is C15H14N4. The van der Waals surface area contributed by atoms with E-state index < -0.39 is 0 Å². The van der Waals surface area contributed by atoms with Crippen LogP contribution in [0.1, 0.15) is 6.92 Å². The van der Waals surface area contributed by atoms with Crippen LogP contribution >= 0.6 is 0 Å². The van der Waals surface area contributed by atoms with Gasteiger partial charge in [0.05, 0.1) is 5.52 Å². The molecule has 4 heteroatoms. The van der Waals surface area contributed by atoms with Crippen LogP contribution in [0, 0.1) is 0 Å². The number of para-hydroxylation sites is 1. The summed E-state index contributed by atoms with van der Waals surface area (Å²) in [6.45, 7) is 2.89. The number of pyridine rings is 1. The Kier molecular flexibility index (Phi) is 3.06. The van der Waals surface area contributed by atoms with Crippen LogP contribution in [0.15, 0.2) is 48.8 Å². The molecule has 94 valence electrons. The van der Waals surface area contributed by atoms with Gasteiger partial charge in [-0.25, -0.2) is 9.97 Å². The third-order valence-corrected chi connectivity index (χ3v) is 2.90. The monoisotopic (exact) mass is 250 g/mol. The van der Waals surface area contributed by atoms with E-state index in [2.05, 4.69) is 20.3 Å². The molecule has 1 aromatic carbocycles. The minimum absolute atomic E-state index is 0.719. The van der Waals surface area contributed by atoms with Gasteiger partial charge in [-0.1, -0.05) is 18.2 Å². The summed E-state index contributed by atoms with van der Waals surface area (Å²) in [4.78, 5) is 13.3. The van der Waals surface area contributed by atoms with E-state index in [1.54, 1.807) is 12.4 Å². The van der Waals surface area contributed by atoms with Gasteiger partial charge in [0.25, 0.3) is 0 Å². The minimum atomic E-state index is 0.719. The lowest BCUT2D eigenvalue weighted by molar-refractivity contribution is 1.12. The number of hydrogen-bond acceptors (Lipinski definition) is 4. The van der Waals surface area contributed by atoms with Crippen molar-refractivity contribution < 1.29 is 0 Å². The maximum atomic E-state index is 4.53. The van der Waals surface area contributed by atoms with Crippen LogP contribution < -0.4 is 5.32 Å². The highest BCUT2D eigenvalue weighted by molar-refractivity contribution is 5.92. The predicted molar refractivity (Wildman–Crippen MR) is 76.9 cm³/mol. The van der Waals surface area contributed by atoms with Gasteiger partial charge in [0.1, 0.15) is 5.82 Å². The van der Waals surface area contributed by atoms with Gasteiger partial charge in [0.15, 0.2) is 5.82 Å². The molecule has 0 aliphatic carbocycles. The Morgan fingerprint density at radius 3 is 2.74 bits per heavy atom. The zero-order chi connectivity index (χ0) is 13.1. The molecule has 0 atom stereocenters. The first-order valence-corrected chi connectivity index (χ1v) is 6.29. The van der Waals surface area contributed by atoms with Crippen LogP contribution in [-0.4, -0.2) is 21.5 Å². The molecule has 1 N–H and O–H groups in total. The third kappa shape index (κ3) is 2.25. The molecular weight excluding hydrogens is 236 g/mol. The molecule has 0 fully saturated rings. The lowest BCUT2D eigenvalue weighted by Gasteiger charge is -2.07. The molecule has 3 aromatic rings. The number of aromatic nitrogens is 3. The van der Waals surface area contributed by atoms with Crippen molar-refractivity contribution in [3.8, 4) is 11.4 Å². The number of hydrogen-bond donors (Lipinski definition) is 1. The Bertz CT molecular complexity index is 704. The number of fused-ring (bicyclic) bond motifs is 1. The molecule has 19 heavy (non-hydrogen) atoms. The number of benzene rings is 1. The van der Waals surface area contributed by atoms with Gasteiger partial charge in [0.2, 0.25) is 0 Å². The molecule has 0 saturated carbocycles. The van der Waals surface area contributed by atoms with Gasteiger partial charge in [-0.2, -0.15) is 0 Å². The highest BCUT2D eigenvalue weighted by Crippen LogP contribution is 2.24. The van der Waals surface area contributed by atoms with E-state index in [9.17, 15) is 0 Å². The Labute approximate surface area is 111 Å². The van der Waals surface area contributed by atoms with E-state index >= 15 is 0 Å². The molecule has 0 unspecified atom stereocenters. The summed E-state index contributed by atoms with van der Waals surface area (Å²) in [6.07, 6.45) is 3.57. The SMILES string of the molecule is CCNc1ccnc(-c2ccnc3ccccc23)n1. The zero-order valence-electron chi connectivity index (χ0n) is 10.7. The van der Waals surface area contributed by atoms with Crippen molar-refractivity contribution in [3.05, 3.63) is 48.8 Å². The second kappa shape index (κ2) is 5.02. The summed E-state index contributed by atoms with van der Waals surface area (Å²) >= 11 is 0. The second-order valence-corrected chi connectivity index (χ2v) is 4.17. The molecule has 0 aliphatic heterocycles. The van der Waals surface area contributed by atoms with E-state index in [-0.39, 0.29) is 0 Å². The standard InChI is InChI=1S/C15H14N4/c1-2-16-14-8-10-18-15(19-14)12-7-9-17-13-6-4-3-5-11(12)13/h3-10H,2H2,1H3,(H,16,18,19). The van der Waals surface area contributed by atoms with Crippen molar-refractivity contribution in [1.82, 2.24) is 15.0 Å². The van der Waals surface area contributed by atoms with Crippen molar-refractivity contribution in [2.24, 2.45) is 0 Å². The number of rotatable bonds is 3. The van der Waals surface area contributed by atoms with Crippen molar-refractivity contribution in [2.75, 3.05) is 11.9 Å². The summed E-state index contributed by atoms with van der Waals surface area (Å²) in [5, 5.41) is 4.27. The topological polar surface area (TPSA) is 50.7 Å². The summed E-state index contributed by atoms with van der Waals surface area (Å²) in [5.41, 5.74) is 1.96. The third-order valence-electron chi connectivity index (χ3n) is 2.90. The van der Waals surface area contributed by atoms with Gasteiger partial charge in [0, 0.05) is 29.9 Å². The number of nitrogens with zero attached hydrogens (tertiary/aromatic N) is 3. The van der Waals surface area contributed by atoms with Gasteiger partial charge in [-0.15, -0.1) is 0 Å². The van der Waals surface area contributed by atoms with Gasteiger partial charge < -0.3 is 5.32 Å². The molecule has 0 spiro atoms. The first-order chi connectivity index (χ1) is 9.38. The lowest BCUT2D eigenvalue weighted by Crippen LogP contribution is -2.01. The van der Waals surface area contributed by atoms with Crippen LogP contribution in [0.4, 0.5) is 5.82 Å². The van der Waals surface area contributed by atoms with E-state index in [1.807, 2.05) is 43.3 Å². The first-order valence-electron chi connectivity index (χ1n) is 6.29. The fraction of sp³-hybridized carbons (Fsp3) is 0.133. The minimum Gasteiger partial charge on any atom is -0.370 e. The molecule has 0 bridgehead atoms. The average molecular weight is 250 g/mol. The van der Waals surface area contributed by atoms with Crippen molar-refractivity contribution in [2.45, 2.75) is 6.92 Å². The lowest BCUT2D eigenvalue weighted by atomic mass is 10.1. The van der Waals surface area contributed by atoms with Gasteiger partial charge in [-0.3, -0.25) is 4.98 Å². The largest absolute Gasteiger partial charge is 0.370 e. The Balaban J connectivity index is 2.16. The van der Waals surface area contributed by atoms with Gasteiger partial charge in [-0.05, 0) is 25.1 Å². The van der Waals surface area contributed by atoms with Crippen molar-refractivity contribution >= 4 is 16.7 Å². The summed E-state index contributed by atoms with van der Waals surface area (Å²) < 4.78 is 0. The molecule has 4 nitrogen and oxygen atoms in total. The summed E-state index contributed by atoms with van der Waals surface area (Å²) in [5.74, 6) is 1.56. The Morgan fingerprint density at radius 1 is 1.00 bits per heavy atom. The van der Waals surface area contributed by atoms with Crippen LogP contribution in [-0.2, 0) is 0 Å². The maximum Gasteiger partial charge on any atom is 0.162 e. The predicted octanol–water partition coefficient (Wildman–Crippen LogP) is 3.12. The van der Waals surface area contributed by atoms with Crippen LogP contribution in [0.3, 0.4) is 0 Å². The molecule has 0 radical (unpaired) electrons. The van der Waals surface area contributed by atoms with Crippen molar-refractivity contribution in [3.63, 3.8) is 0 Å². The molecule has 2 heterocycles. The fourth-order valence-electron chi connectivity index (χ4n) is 2.06. The zero-order valence-corrected chi connectivity index (χ0v) is 10.7. The second-order valence-electron chi connectivity index (χ2n) is 4.17. The quantitative estimate of drug-likeness (QED) is 0.776. The maximum absolute atomic E-state index is 4.53. The Hall–Kier alpha value is -2.49. The first kappa shape index (κ1) is 11.6. The summed E-state index contributed by atoms with van der Waals surface area (Å²) in [7, 11) is 0. The molecule has 0 saturated heterocycles. The van der Waals surface area contributed by atoms with E-state index in [0.717, 1.165) is 34.7 Å². The van der Waals surface area contributed by atoms with Crippen LogP contribution in [0.5, 0.6) is 0 Å². The highest BCUT2D eigenvalue weighted by Gasteiger charge is 2.07. The van der Waals surface area contributed by atoms with Crippen LogP contribution in [0.25, 0.3) is 22.3 Å². The molecule has 3 rings (SSSR count). The number of nitrogens with one attached hydrogen (secondary N) is 1. The van der Waals surface area contributed by atoms with Crippen molar-refractivity contribution in [1.29, 1.82) is 0 Å². The van der Waals surface area contributed by atoms with E-state index in [0.29, 0.717) is 0 Å². The molecule has 0 amide bonds. The van der Waals surface area contributed by atoms with E-state index in [1.165, 1.54) is 0 Å². The molecule has 2 aromatic heterocycles. The Morgan fingerprint density at radius 2 is 1.84 bits per heavy atom. The summed E-state index contributed by atoms with van der Waals surface area (Å²) in [6, 6.07) is 11.8. The normalized spacial score (nSPS) is 10.6. The highest BCUT2D eigenvalue weighted by atomic mass is 15.0. The smallest absolute Gasteiger partial charge is 0.162 e. The number of anilines is 1. The fourth-order valence-corrected chi connectivity index (χ4v) is 2.06. The van der Waals surface area contributed by atoms with Crippen LogP contribution in [0.2, 0.25) is 0 Å².